The van der Waals surface area contributed by atoms with Gasteiger partial charge in [-0.2, -0.15) is 0 Å². The molecule has 0 spiro atoms. The highest BCUT2D eigenvalue weighted by atomic mass is 16.4. The van der Waals surface area contributed by atoms with Gasteiger partial charge < -0.3 is 15.3 Å². The lowest BCUT2D eigenvalue weighted by molar-refractivity contribution is -0.150. The van der Waals surface area contributed by atoms with Crippen LogP contribution in [0.25, 0.3) is 0 Å². The van der Waals surface area contributed by atoms with E-state index >= 15 is 0 Å². The molecule has 0 heterocycles. The van der Waals surface area contributed by atoms with Gasteiger partial charge in [-0.05, 0) is 12.8 Å². The van der Waals surface area contributed by atoms with Gasteiger partial charge in [0.05, 0.1) is 13.1 Å². The van der Waals surface area contributed by atoms with Crippen molar-refractivity contribution in [1.29, 1.82) is 0 Å². The van der Waals surface area contributed by atoms with Crippen molar-refractivity contribution in [2.45, 2.75) is 18.4 Å². The Hall–Kier alpha value is -1.63. The molecule has 0 aromatic heterocycles. The van der Waals surface area contributed by atoms with Gasteiger partial charge in [0.15, 0.2) is 0 Å². The van der Waals surface area contributed by atoms with E-state index in [0.717, 1.165) is 4.90 Å². The number of hydrogen-bond acceptors (Lipinski definition) is 4. The summed E-state index contributed by atoms with van der Waals surface area (Å²) in [4.78, 5) is 32.8. The largest absolute Gasteiger partial charge is 0.480 e. The van der Waals surface area contributed by atoms with Gasteiger partial charge in [0, 0.05) is 0 Å². The molecule has 1 aliphatic carbocycles. The second-order valence-electron chi connectivity index (χ2n) is 3.48. The third-order valence-corrected chi connectivity index (χ3v) is 2.38. The molecule has 0 bridgehead atoms. The highest BCUT2D eigenvalue weighted by Crippen LogP contribution is 2.41. The van der Waals surface area contributed by atoms with E-state index in [4.69, 9.17) is 15.3 Å². The maximum atomic E-state index is 10.9. The van der Waals surface area contributed by atoms with Crippen molar-refractivity contribution in [2.75, 3.05) is 13.1 Å². The summed E-state index contributed by atoms with van der Waals surface area (Å²) >= 11 is 0. The van der Waals surface area contributed by atoms with Gasteiger partial charge in [-0.1, -0.05) is 0 Å². The molecule has 7 nitrogen and oxygen atoms in total. The maximum Gasteiger partial charge on any atom is 0.324 e. The van der Waals surface area contributed by atoms with Crippen LogP contribution >= 0.6 is 0 Å². The second kappa shape index (κ2) is 3.85. The quantitative estimate of drug-likeness (QED) is 0.526. The maximum absolute atomic E-state index is 10.9. The number of aliphatic carboxylic acids is 3. The molecule has 0 aliphatic heterocycles. The first-order valence-corrected chi connectivity index (χ1v) is 4.30. The van der Waals surface area contributed by atoms with Gasteiger partial charge in [-0.25, -0.2) is 0 Å². The smallest absolute Gasteiger partial charge is 0.324 e. The summed E-state index contributed by atoms with van der Waals surface area (Å²) in [5, 5.41) is 26.0. The van der Waals surface area contributed by atoms with Gasteiger partial charge in [0.25, 0.3) is 0 Å². The summed E-state index contributed by atoms with van der Waals surface area (Å²) in [7, 11) is 0. The van der Waals surface area contributed by atoms with Gasteiger partial charge in [0.1, 0.15) is 5.54 Å². The molecule has 7 heteroatoms. The van der Waals surface area contributed by atoms with Crippen LogP contribution in [0.3, 0.4) is 0 Å². The Bertz CT molecular complexity index is 292. The lowest BCUT2D eigenvalue weighted by atomic mass is 10.2. The van der Waals surface area contributed by atoms with Gasteiger partial charge in [-0.3, -0.25) is 19.3 Å². The third kappa shape index (κ3) is 2.44. The second-order valence-corrected chi connectivity index (χ2v) is 3.48. The van der Waals surface area contributed by atoms with Crippen LogP contribution in [0.1, 0.15) is 12.8 Å². The number of carboxylic acid groups (broad SMARTS) is 3. The van der Waals surface area contributed by atoms with E-state index in [1.54, 1.807) is 0 Å². The minimum atomic E-state index is -1.28. The molecule has 0 saturated heterocycles. The van der Waals surface area contributed by atoms with Crippen LogP contribution in [0, 0.1) is 0 Å². The Balaban J connectivity index is 2.76. The Morgan fingerprint density at radius 1 is 1.00 bits per heavy atom. The van der Waals surface area contributed by atoms with Crippen molar-refractivity contribution in [3.63, 3.8) is 0 Å². The number of nitrogens with zero attached hydrogens (tertiary/aromatic N) is 1. The molecule has 84 valence electrons. The molecule has 15 heavy (non-hydrogen) atoms. The number of rotatable bonds is 6. The molecule has 3 N–H and O–H groups in total. The monoisotopic (exact) mass is 217 g/mol. The normalized spacial score (nSPS) is 17.4. The van der Waals surface area contributed by atoms with Crippen LogP contribution < -0.4 is 0 Å². The van der Waals surface area contributed by atoms with Crippen LogP contribution in [0.15, 0.2) is 0 Å². The Morgan fingerprint density at radius 2 is 1.40 bits per heavy atom. The first-order chi connectivity index (χ1) is 6.88. The zero-order valence-electron chi connectivity index (χ0n) is 7.84. The first kappa shape index (κ1) is 11.4. The van der Waals surface area contributed by atoms with Crippen molar-refractivity contribution in [2.24, 2.45) is 0 Å². The van der Waals surface area contributed by atoms with Crippen LogP contribution in [-0.4, -0.2) is 56.8 Å². The molecule has 0 unspecified atom stereocenters. The fourth-order valence-electron chi connectivity index (χ4n) is 1.47. The Labute approximate surface area is 84.9 Å². The Morgan fingerprint density at radius 3 is 1.60 bits per heavy atom. The van der Waals surface area contributed by atoms with Crippen LogP contribution in [0.4, 0.5) is 0 Å². The topological polar surface area (TPSA) is 115 Å². The summed E-state index contributed by atoms with van der Waals surface area (Å²) < 4.78 is 0. The molecule has 1 rings (SSSR count). The predicted octanol–water partition coefficient (Wildman–Crippen LogP) is -0.925. The van der Waals surface area contributed by atoms with E-state index in [1.165, 1.54) is 0 Å². The van der Waals surface area contributed by atoms with Crippen LogP contribution in [0.2, 0.25) is 0 Å². The van der Waals surface area contributed by atoms with Crippen molar-refractivity contribution in [3.8, 4) is 0 Å². The molecule has 1 fully saturated rings. The zero-order valence-corrected chi connectivity index (χ0v) is 7.84. The van der Waals surface area contributed by atoms with Crippen molar-refractivity contribution < 1.29 is 29.7 Å². The SMILES string of the molecule is O=C(O)CN(CC(=O)O)C1(C(=O)O)CC1. The average molecular weight is 217 g/mol. The summed E-state index contributed by atoms with van der Waals surface area (Å²) in [5.74, 6) is -3.63. The van der Waals surface area contributed by atoms with E-state index in [-0.39, 0.29) is 0 Å². The molecular weight excluding hydrogens is 206 g/mol. The van der Waals surface area contributed by atoms with E-state index in [0.29, 0.717) is 12.8 Å². The van der Waals surface area contributed by atoms with Gasteiger partial charge in [0.2, 0.25) is 0 Å². The van der Waals surface area contributed by atoms with Crippen molar-refractivity contribution in [1.82, 2.24) is 4.90 Å². The minimum Gasteiger partial charge on any atom is -0.480 e. The van der Waals surface area contributed by atoms with E-state index in [9.17, 15) is 14.4 Å². The van der Waals surface area contributed by atoms with E-state index in [2.05, 4.69) is 0 Å². The highest BCUT2D eigenvalue weighted by Gasteiger charge is 2.55. The lowest BCUT2D eigenvalue weighted by Gasteiger charge is -2.24. The molecule has 0 atom stereocenters. The minimum absolute atomic E-state index is 0.295. The highest BCUT2D eigenvalue weighted by molar-refractivity contribution is 5.84. The number of carboxylic acids is 3. The molecule has 1 aliphatic rings. The van der Waals surface area contributed by atoms with Crippen LogP contribution in [0.5, 0.6) is 0 Å². The van der Waals surface area contributed by atoms with Gasteiger partial charge in [-0.15, -0.1) is 0 Å². The fourth-order valence-corrected chi connectivity index (χ4v) is 1.47. The summed E-state index contributed by atoms with van der Waals surface area (Å²) in [6.45, 7) is -1.14. The molecule has 1 saturated carbocycles. The molecule has 0 aromatic rings. The number of hydrogen-bond donors (Lipinski definition) is 3. The van der Waals surface area contributed by atoms with E-state index in [1.807, 2.05) is 0 Å². The van der Waals surface area contributed by atoms with E-state index < -0.39 is 36.5 Å². The number of carbonyl (C=O) groups is 3. The zero-order chi connectivity index (χ0) is 11.6. The van der Waals surface area contributed by atoms with Crippen molar-refractivity contribution >= 4 is 17.9 Å². The predicted molar refractivity (Wildman–Crippen MR) is 46.4 cm³/mol. The molecule has 0 aromatic carbocycles. The summed E-state index contributed by atoms with van der Waals surface area (Å²) in [6, 6.07) is 0. The third-order valence-electron chi connectivity index (χ3n) is 2.38. The summed E-state index contributed by atoms with van der Waals surface area (Å²) in [6.07, 6.45) is 0.589. The van der Waals surface area contributed by atoms with Gasteiger partial charge >= 0.3 is 17.9 Å². The average Bonchev–Trinajstić information content (AvgIpc) is 2.80. The molecule has 0 radical (unpaired) electrons. The lowest BCUT2D eigenvalue weighted by Crippen LogP contribution is -2.48. The Kier molecular flexibility index (Phi) is 2.94. The van der Waals surface area contributed by atoms with Crippen molar-refractivity contribution in [3.05, 3.63) is 0 Å². The van der Waals surface area contributed by atoms with Crippen LogP contribution in [-0.2, 0) is 14.4 Å². The fraction of sp³-hybridized carbons (Fsp3) is 0.625. The molecular formula is C8H11NO6. The first-order valence-electron chi connectivity index (χ1n) is 4.30. The molecule has 0 amide bonds. The summed E-state index contributed by atoms with van der Waals surface area (Å²) in [5.41, 5.74) is -1.28. The standard InChI is InChI=1S/C8H11NO6/c10-5(11)3-9(4-6(12)13)8(1-2-8)7(14)15/h1-4H2,(H,10,11)(H,12,13)(H,14,15).